The lowest BCUT2D eigenvalue weighted by molar-refractivity contribution is 0.0916. The minimum absolute atomic E-state index is 0.0170. The Hall–Kier alpha value is -5.76. The van der Waals surface area contributed by atoms with Crippen molar-refractivity contribution in [2.75, 3.05) is 25.1 Å². The zero-order valence-electron chi connectivity index (χ0n) is 27.2. The lowest BCUT2D eigenvalue weighted by Gasteiger charge is -2.16. The van der Waals surface area contributed by atoms with Crippen molar-refractivity contribution in [1.82, 2.24) is 15.3 Å². The normalized spacial score (nSPS) is 14.4. The molecule has 6 rings (SSSR count). The van der Waals surface area contributed by atoms with E-state index in [1.54, 1.807) is 54.7 Å². The fourth-order valence-corrected chi connectivity index (χ4v) is 5.68. The summed E-state index contributed by atoms with van der Waals surface area (Å²) in [6.07, 6.45) is 0.455. The monoisotopic (exact) mass is 647 g/mol. The highest BCUT2D eigenvalue weighted by Gasteiger charge is 2.33. The van der Waals surface area contributed by atoms with E-state index in [-0.39, 0.29) is 36.6 Å². The summed E-state index contributed by atoms with van der Waals surface area (Å²) in [5.74, 6) is 0.641. The summed E-state index contributed by atoms with van der Waals surface area (Å²) in [4.78, 5) is 36.1. The predicted octanol–water partition coefficient (Wildman–Crippen LogP) is 7.58. The molecule has 48 heavy (non-hydrogen) atoms. The van der Waals surface area contributed by atoms with Crippen molar-refractivity contribution in [3.63, 3.8) is 0 Å². The number of anilines is 1. The molecule has 0 bridgehead atoms. The smallest absolute Gasteiger partial charge is 0.416 e. The number of nitriles is 1. The lowest BCUT2D eigenvalue weighted by Crippen LogP contribution is -2.34. The highest BCUT2D eigenvalue weighted by molar-refractivity contribution is 5.95. The van der Waals surface area contributed by atoms with Crippen molar-refractivity contribution in [1.29, 1.82) is 5.26 Å². The number of pyridine rings is 1. The number of nitrogens with zero attached hydrogens (tertiary/aromatic N) is 4. The molecule has 1 N–H and O–H groups in total. The van der Waals surface area contributed by atoms with Crippen LogP contribution in [-0.4, -0.2) is 48.3 Å². The summed E-state index contributed by atoms with van der Waals surface area (Å²) in [5.41, 5.74) is 5.75. The second-order valence-corrected chi connectivity index (χ2v) is 12.2. The zero-order chi connectivity index (χ0) is 34.1. The van der Waals surface area contributed by atoms with Crippen LogP contribution in [0.3, 0.4) is 0 Å². The maximum absolute atomic E-state index is 14.5. The maximum Gasteiger partial charge on any atom is 0.416 e. The molecule has 0 unspecified atom stereocenters. The molecule has 3 aromatic carbocycles. The van der Waals surface area contributed by atoms with Crippen molar-refractivity contribution >= 4 is 28.9 Å². The summed E-state index contributed by atoms with van der Waals surface area (Å²) in [6.45, 7) is 8.20. The zero-order valence-corrected chi connectivity index (χ0v) is 27.2. The number of ether oxygens (including phenoxy) is 2. The molecule has 1 aliphatic rings. The average Bonchev–Trinajstić information content (AvgIpc) is 3.69. The third-order valence-corrected chi connectivity index (χ3v) is 8.30. The number of carbonyl (C=O) groups is 2. The van der Waals surface area contributed by atoms with Crippen LogP contribution in [0.5, 0.6) is 5.75 Å². The fourth-order valence-electron chi connectivity index (χ4n) is 5.68. The number of halogens is 1. The first-order chi connectivity index (χ1) is 23.1. The third kappa shape index (κ3) is 6.29. The molecular weight excluding hydrogens is 613 g/mol. The Balaban J connectivity index is 1.09. The van der Waals surface area contributed by atoms with E-state index >= 15 is 0 Å². The molecule has 1 aliphatic heterocycles. The third-order valence-electron chi connectivity index (χ3n) is 8.30. The molecule has 5 aromatic rings. The SMILES string of the molecule is COc1cc(F)c(C(C)C)cc1-c1ccc(N2C[C@H](CNC(=O)c3ccc(-c4nc5cc(C#N)cc(C(C)C)c5o4)cc3)OC2=O)nc1. The Bertz CT molecular complexity index is 2050. The van der Waals surface area contributed by atoms with Gasteiger partial charge in [-0.25, -0.2) is 19.2 Å². The Labute approximate surface area is 277 Å². The number of oxazole rings is 1. The van der Waals surface area contributed by atoms with Gasteiger partial charge in [-0.05, 0) is 72.0 Å². The molecule has 0 radical (unpaired) electrons. The first-order valence-corrected chi connectivity index (χ1v) is 15.6. The van der Waals surface area contributed by atoms with Gasteiger partial charge < -0.3 is 19.2 Å². The Kier molecular flexibility index (Phi) is 8.82. The Morgan fingerprint density at radius 3 is 2.44 bits per heavy atom. The van der Waals surface area contributed by atoms with Crippen LogP contribution in [0.1, 0.15) is 66.6 Å². The second kappa shape index (κ2) is 13.2. The number of carbonyl (C=O) groups excluding carboxylic acids is 2. The van der Waals surface area contributed by atoms with Crippen molar-refractivity contribution < 1.29 is 27.9 Å². The number of amides is 2. The van der Waals surface area contributed by atoms with E-state index in [1.165, 1.54) is 18.1 Å². The number of hydrogen-bond acceptors (Lipinski definition) is 8. The molecule has 1 saturated heterocycles. The molecule has 10 nitrogen and oxygen atoms in total. The standard InChI is InChI=1S/C37H34FN5O5/c1-20(2)27-14-29(32(46-5)15-30(27)38)25-10-11-33(40-17-25)43-19-26(47-37(43)45)18-41-35(44)23-6-8-24(9-7-23)36-42-31-13-22(16-39)12-28(21(3)4)34(31)48-36/h6-15,17,20-21,26H,18-19H2,1-5H3,(H,41,44)/t26-/m0/s1. The van der Waals surface area contributed by atoms with Gasteiger partial charge in [0, 0.05) is 40.1 Å². The molecule has 0 spiro atoms. The summed E-state index contributed by atoms with van der Waals surface area (Å²) < 4.78 is 31.5. The van der Waals surface area contributed by atoms with Gasteiger partial charge in [0.05, 0.1) is 31.8 Å². The van der Waals surface area contributed by atoms with Gasteiger partial charge in [0.15, 0.2) is 5.58 Å². The van der Waals surface area contributed by atoms with E-state index in [9.17, 15) is 19.2 Å². The molecule has 0 aliphatic carbocycles. The summed E-state index contributed by atoms with van der Waals surface area (Å²) in [6, 6.07) is 19.1. The van der Waals surface area contributed by atoms with Gasteiger partial charge in [0.1, 0.15) is 29.0 Å². The van der Waals surface area contributed by atoms with E-state index in [0.29, 0.717) is 61.9 Å². The van der Waals surface area contributed by atoms with Gasteiger partial charge in [0.2, 0.25) is 5.89 Å². The number of aromatic nitrogens is 2. The Morgan fingerprint density at radius 2 is 1.79 bits per heavy atom. The highest BCUT2D eigenvalue weighted by atomic mass is 19.1. The molecule has 2 aromatic heterocycles. The van der Waals surface area contributed by atoms with Crippen molar-refractivity contribution in [2.24, 2.45) is 0 Å². The number of hydrogen-bond donors (Lipinski definition) is 1. The van der Waals surface area contributed by atoms with E-state index in [4.69, 9.17) is 13.9 Å². The molecule has 3 heterocycles. The van der Waals surface area contributed by atoms with Crippen LogP contribution in [0.4, 0.5) is 15.0 Å². The van der Waals surface area contributed by atoms with Crippen LogP contribution in [-0.2, 0) is 4.74 Å². The maximum atomic E-state index is 14.5. The van der Waals surface area contributed by atoms with Crippen LogP contribution in [0.2, 0.25) is 0 Å². The van der Waals surface area contributed by atoms with E-state index < -0.39 is 12.2 Å². The summed E-state index contributed by atoms with van der Waals surface area (Å²) in [7, 11) is 1.48. The number of cyclic esters (lactones) is 1. The van der Waals surface area contributed by atoms with E-state index in [1.807, 2.05) is 33.8 Å². The first kappa shape index (κ1) is 32.2. The minimum atomic E-state index is -0.582. The predicted molar refractivity (Wildman–Crippen MR) is 178 cm³/mol. The molecular formula is C37H34FN5O5. The number of fused-ring (bicyclic) bond motifs is 1. The van der Waals surface area contributed by atoms with Gasteiger partial charge in [-0.1, -0.05) is 27.7 Å². The first-order valence-electron chi connectivity index (χ1n) is 15.6. The van der Waals surface area contributed by atoms with Crippen LogP contribution in [0, 0.1) is 17.1 Å². The fraction of sp³-hybridized carbons (Fsp3) is 0.270. The second-order valence-electron chi connectivity index (χ2n) is 12.2. The molecule has 1 atom stereocenters. The van der Waals surface area contributed by atoms with Gasteiger partial charge in [0.25, 0.3) is 5.91 Å². The number of rotatable bonds is 9. The molecule has 244 valence electrons. The van der Waals surface area contributed by atoms with Gasteiger partial charge in [-0.3, -0.25) is 9.69 Å². The van der Waals surface area contributed by atoms with Crippen LogP contribution >= 0.6 is 0 Å². The highest BCUT2D eigenvalue weighted by Crippen LogP contribution is 2.36. The van der Waals surface area contributed by atoms with E-state index in [0.717, 1.165) is 5.56 Å². The van der Waals surface area contributed by atoms with Gasteiger partial charge in [-0.15, -0.1) is 0 Å². The van der Waals surface area contributed by atoms with Crippen LogP contribution in [0.15, 0.2) is 71.3 Å². The number of benzene rings is 3. The number of methoxy groups -OCH3 is 1. The lowest BCUT2D eigenvalue weighted by atomic mass is 9.96. The average molecular weight is 648 g/mol. The van der Waals surface area contributed by atoms with Crippen molar-refractivity contribution in [3.8, 4) is 34.4 Å². The quantitative estimate of drug-likeness (QED) is 0.173. The largest absolute Gasteiger partial charge is 0.496 e. The molecule has 11 heteroatoms. The number of nitrogens with one attached hydrogen (secondary N) is 1. The van der Waals surface area contributed by atoms with Gasteiger partial charge >= 0.3 is 6.09 Å². The summed E-state index contributed by atoms with van der Waals surface area (Å²) in [5, 5.41) is 12.2. The van der Waals surface area contributed by atoms with Crippen molar-refractivity contribution in [2.45, 2.75) is 45.6 Å². The van der Waals surface area contributed by atoms with Gasteiger partial charge in [-0.2, -0.15) is 5.26 Å². The molecule has 1 fully saturated rings. The van der Waals surface area contributed by atoms with Crippen LogP contribution < -0.4 is 15.0 Å². The molecule has 0 saturated carbocycles. The molecule has 2 amide bonds. The van der Waals surface area contributed by atoms with E-state index in [2.05, 4.69) is 21.4 Å². The van der Waals surface area contributed by atoms with Crippen molar-refractivity contribution in [3.05, 3.63) is 94.9 Å². The topological polar surface area (TPSA) is 131 Å². The summed E-state index contributed by atoms with van der Waals surface area (Å²) >= 11 is 0. The van der Waals surface area contributed by atoms with Crippen LogP contribution in [0.25, 0.3) is 33.7 Å². The minimum Gasteiger partial charge on any atom is -0.496 e. The Morgan fingerprint density at radius 1 is 1.06 bits per heavy atom.